The van der Waals surface area contributed by atoms with Crippen molar-refractivity contribution in [1.82, 2.24) is 4.72 Å². The Morgan fingerprint density at radius 3 is 2.37 bits per heavy atom. The van der Waals surface area contributed by atoms with Gasteiger partial charge in [0.1, 0.15) is 0 Å². The lowest BCUT2D eigenvalue weighted by Crippen LogP contribution is -2.40. The van der Waals surface area contributed by atoms with Crippen LogP contribution in [-0.2, 0) is 21.2 Å². The predicted octanol–water partition coefficient (Wildman–Crippen LogP) is 4.62. The van der Waals surface area contributed by atoms with Crippen LogP contribution in [0.4, 0.5) is 5.69 Å². The van der Waals surface area contributed by atoms with Gasteiger partial charge in [-0.05, 0) is 85.9 Å². The van der Waals surface area contributed by atoms with E-state index in [1.807, 2.05) is 6.92 Å². The molecule has 4 rings (SSSR count). The van der Waals surface area contributed by atoms with E-state index in [9.17, 15) is 13.2 Å². The van der Waals surface area contributed by atoms with E-state index in [4.69, 9.17) is 11.6 Å². The maximum absolute atomic E-state index is 12.8. The van der Waals surface area contributed by atoms with Crippen LogP contribution in [0.1, 0.15) is 38.2 Å². The molecule has 2 aromatic carbocycles. The van der Waals surface area contributed by atoms with Crippen molar-refractivity contribution in [3.63, 3.8) is 0 Å². The maximum atomic E-state index is 12.8. The van der Waals surface area contributed by atoms with E-state index in [0.29, 0.717) is 22.5 Å². The molecule has 4 atom stereocenters. The van der Waals surface area contributed by atoms with Gasteiger partial charge in [-0.3, -0.25) is 4.79 Å². The highest BCUT2D eigenvalue weighted by Crippen LogP contribution is 2.49. The van der Waals surface area contributed by atoms with Crippen LogP contribution in [0.3, 0.4) is 0 Å². The standard InChI is InChI=1S/C23H27ClN2O3S/c1-15(22-13-17-2-5-18(22)12-17)26-30(28,29)21-10-8-20(9-11-21)25-23(27)14-16-3-6-19(24)7-4-16/h3-4,6-11,15,17-18,22,26H,2,5,12-14H2,1H3,(H,25,27)/t15-,17-,18-,22+/m1/s1. The van der Waals surface area contributed by atoms with Gasteiger partial charge in [0.15, 0.2) is 0 Å². The normalized spacial score (nSPS) is 24.0. The second-order valence-corrected chi connectivity index (χ2v) is 10.8. The summed E-state index contributed by atoms with van der Waals surface area (Å²) in [6.07, 6.45) is 5.13. The molecule has 0 aliphatic heterocycles. The fourth-order valence-corrected chi connectivity index (χ4v) is 6.44. The number of sulfonamides is 1. The van der Waals surface area contributed by atoms with Crippen LogP contribution in [0.15, 0.2) is 53.4 Å². The fraction of sp³-hybridized carbons (Fsp3) is 0.435. The van der Waals surface area contributed by atoms with E-state index in [1.165, 1.54) is 31.4 Å². The van der Waals surface area contributed by atoms with Crippen LogP contribution in [0, 0.1) is 17.8 Å². The molecule has 2 fully saturated rings. The number of nitrogens with one attached hydrogen (secondary N) is 2. The Balaban J connectivity index is 1.35. The van der Waals surface area contributed by atoms with Crippen molar-refractivity contribution in [2.45, 2.75) is 50.0 Å². The quantitative estimate of drug-likeness (QED) is 0.651. The van der Waals surface area contributed by atoms with Crippen LogP contribution >= 0.6 is 11.6 Å². The monoisotopic (exact) mass is 446 g/mol. The average molecular weight is 447 g/mol. The van der Waals surface area contributed by atoms with Gasteiger partial charge in [0.25, 0.3) is 0 Å². The lowest BCUT2D eigenvalue weighted by Gasteiger charge is -2.28. The molecule has 0 unspecified atom stereocenters. The van der Waals surface area contributed by atoms with E-state index in [1.54, 1.807) is 36.4 Å². The highest BCUT2D eigenvalue weighted by molar-refractivity contribution is 7.89. The highest BCUT2D eigenvalue weighted by Gasteiger charge is 2.42. The second-order valence-electron chi connectivity index (χ2n) is 8.62. The minimum atomic E-state index is -3.59. The summed E-state index contributed by atoms with van der Waals surface area (Å²) < 4.78 is 28.5. The number of benzene rings is 2. The van der Waals surface area contributed by atoms with Crippen molar-refractivity contribution < 1.29 is 13.2 Å². The van der Waals surface area contributed by atoms with E-state index >= 15 is 0 Å². The summed E-state index contributed by atoms with van der Waals surface area (Å²) >= 11 is 5.86. The van der Waals surface area contributed by atoms with Gasteiger partial charge in [-0.25, -0.2) is 13.1 Å². The van der Waals surface area contributed by atoms with Crippen molar-refractivity contribution in [2.75, 3.05) is 5.32 Å². The first kappa shape index (κ1) is 21.3. The molecule has 0 radical (unpaired) electrons. The zero-order chi connectivity index (χ0) is 21.3. The zero-order valence-electron chi connectivity index (χ0n) is 17.0. The minimum Gasteiger partial charge on any atom is -0.326 e. The van der Waals surface area contributed by atoms with E-state index in [-0.39, 0.29) is 23.3 Å². The first-order chi connectivity index (χ1) is 14.3. The van der Waals surface area contributed by atoms with Crippen LogP contribution in [-0.4, -0.2) is 20.4 Å². The van der Waals surface area contributed by atoms with Crippen molar-refractivity contribution in [1.29, 1.82) is 0 Å². The fourth-order valence-electron chi connectivity index (χ4n) is 5.02. The summed E-state index contributed by atoms with van der Waals surface area (Å²) in [4.78, 5) is 12.4. The summed E-state index contributed by atoms with van der Waals surface area (Å²) in [7, 11) is -3.59. The number of carbonyl (C=O) groups excluding carboxylic acids is 1. The van der Waals surface area contributed by atoms with Crippen molar-refractivity contribution in [3.05, 3.63) is 59.1 Å². The van der Waals surface area contributed by atoms with Gasteiger partial charge in [0.2, 0.25) is 15.9 Å². The number of halogens is 1. The molecule has 0 spiro atoms. The first-order valence-corrected chi connectivity index (χ1v) is 12.3. The number of anilines is 1. The molecule has 5 nitrogen and oxygen atoms in total. The summed E-state index contributed by atoms with van der Waals surface area (Å²) in [5.41, 5.74) is 1.42. The van der Waals surface area contributed by atoms with Crippen molar-refractivity contribution in [2.24, 2.45) is 17.8 Å². The van der Waals surface area contributed by atoms with Crippen LogP contribution < -0.4 is 10.0 Å². The molecule has 2 aliphatic carbocycles. The third-order valence-electron chi connectivity index (χ3n) is 6.50. The third-order valence-corrected chi connectivity index (χ3v) is 8.33. The Labute approximate surface area is 183 Å². The van der Waals surface area contributed by atoms with Crippen molar-refractivity contribution in [3.8, 4) is 0 Å². The maximum Gasteiger partial charge on any atom is 0.240 e. The summed E-state index contributed by atoms with van der Waals surface area (Å²) in [5, 5.41) is 3.42. The molecule has 0 aromatic heterocycles. The lowest BCUT2D eigenvalue weighted by molar-refractivity contribution is -0.115. The molecule has 7 heteroatoms. The van der Waals surface area contributed by atoms with Crippen LogP contribution in [0.5, 0.6) is 0 Å². The molecular formula is C23H27ClN2O3S. The number of carbonyl (C=O) groups is 1. The topological polar surface area (TPSA) is 75.3 Å². The van der Waals surface area contributed by atoms with E-state index < -0.39 is 10.0 Å². The highest BCUT2D eigenvalue weighted by atomic mass is 35.5. The van der Waals surface area contributed by atoms with Gasteiger partial charge in [-0.1, -0.05) is 30.2 Å². The van der Waals surface area contributed by atoms with Gasteiger partial charge >= 0.3 is 0 Å². The molecule has 1 amide bonds. The summed E-state index contributed by atoms with van der Waals surface area (Å²) in [5.74, 6) is 1.70. The number of fused-ring (bicyclic) bond motifs is 2. The molecule has 0 heterocycles. The predicted molar refractivity (Wildman–Crippen MR) is 119 cm³/mol. The molecule has 2 aromatic rings. The molecule has 2 bridgehead atoms. The SMILES string of the molecule is C[C@@H](NS(=O)(=O)c1ccc(NC(=O)Cc2ccc(Cl)cc2)cc1)[C@@H]1C[C@@H]2CC[C@@H]1C2. The molecule has 2 aliphatic rings. The Morgan fingerprint density at radius 1 is 1.07 bits per heavy atom. The van der Waals surface area contributed by atoms with Gasteiger partial charge in [0.05, 0.1) is 11.3 Å². The minimum absolute atomic E-state index is 0.0657. The lowest BCUT2D eigenvalue weighted by atomic mass is 9.84. The largest absolute Gasteiger partial charge is 0.326 e. The molecular weight excluding hydrogens is 420 g/mol. The Hall–Kier alpha value is -1.89. The Morgan fingerprint density at radius 2 is 1.77 bits per heavy atom. The van der Waals surface area contributed by atoms with Crippen LogP contribution in [0.25, 0.3) is 0 Å². The Kier molecular flexibility index (Phi) is 6.19. The smallest absolute Gasteiger partial charge is 0.240 e. The molecule has 2 saturated carbocycles. The van der Waals surface area contributed by atoms with Gasteiger partial charge < -0.3 is 5.32 Å². The van der Waals surface area contributed by atoms with Crippen LogP contribution in [0.2, 0.25) is 5.02 Å². The van der Waals surface area contributed by atoms with E-state index in [0.717, 1.165) is 17.9 Å². The van der Waals surface area contributed by atoms with E-state index in [2.05, 4.69) is 10.0 Å². The van der Waals surface area contributed by atoms with Gasteiger partial charge in [-0.2, -0.15) is 0 Å². The number of hydrogen-bond donors (Lipinski definition) is 2. The number of rotatable bonds is 7. The molecule has 30 heavy (non-hydrogen) atoms. The first-order valence-electron chi connectivity index (χ1n) is 10.5. The number of hydrogen-bond acceptors (Lipinski definition) is 3. The molecule has 2 N–H and O–H groups in total. The number of amides is 1. The van der Waals surface area contributed by atoms with Crippen molar-refractivity contribution >= 4 is 33.2 Å². The third kappa shape index (κ3) is 4.88. The zero-order valence-corrected chi connectivity index (χ0v) is 18.5. The average Bonchev–Trinajstić information content (AvgIpc) is 3.33. The summed E-state index contributed by atoms with van der Waals surface area (Å²) in [6, 6.07) is 13.3. The van der Waals surface area contributed by atoms with Gasteiger partial charge in [-0.15, -0.1) is 0 Å². The second kappa shape index (κ2) is 8.69. The molecule has 0 saturated heterocycles. The summed E-state index contributed by atoms with van der Waals surface area (Å²) in [6.45, 7) is 1.98. The molecule has 160 valence electrons. The van der Waals surface area contributed by atoms with Gasteiger partial charge in [0, 0.05) is 16.8 Å². The Bertz CT molecular complexity index is 1010.